The van der Waals surface area contributed by atoms with Crippen LogP contribution in [0.5, 0.6) is 0 Å². The molecule has 2 nitrogen and oxygen atoms in total. The highest BCUT2D eigenvalue weighted by atomic mass is 19.1. The molecule has 19 heavy (non-hydrogen) atoms. The zero-order valence-corrected chi connectivity index (χ0v) is 11.7. The molecule has 0 aromatic heterocycles. The van der Waals surface area contributed by atoms with E-state index in [1.165, 1.54) is 25.0 Å². The van der Waals surface area contributed by atoms with E-state index in [2.05, 4.69) is 18.7 Å². The molecule has 1 aromatic carbocycles. The van der Waals surface area contributed by atoms with Gasteiger partial charge in [0.1, 0.15) is 5.82 Å². The van der Waals surface area contributed by atoms with E-state index in [9.17, 15) is 9.18 Å². The highest BCUT2D eigenvalue weighted by Crippen LogP contribution is 2.27. The summed E-state index contributed by atoms with van der Waals surface area (Å²) >= 11 is 0. The van der Waals surface area contributed by atoms with E-state index in [4.69, 9.17) is 0 Å². The SMILES string of the molecule is CC(C)CN(CCC(=O)c1ccc(F)cc1)C1CC1. The van der Waals surface area contributed by atoms with Crippen molar-refractivity contribution in [3.05, 3.63) is 35.6 Å². The van der Waals surface area contributed by atoms with Gasteiger partial charge in [-0.25, -0.2) is 4.39 Å². The fourth-order valence-electron chi connectivity index (χ4n) is 2.36. The first kappa shape index (κ1) is 14.2. The molecule has 1 saturated carbocycles. The van der Waals surface area contributed by atoms with Crippen molar-refractivity contribution in [2.75, 3.05) is 13.1 Å². The van der Waals surface area contributed by atoms with Crippen molar-refractivity contribution >= 4 is 5.78 Å². The molecule has 0 atom stereocenters. The van der Waals surface area contributed by atoms with Crippen molar-refractivity contribution < 1.29 is 9.18 Å². The molecule has 2 rings (SSSR count). The molecular weight excluding hydrogens is 241 g/mol. The third-order valence-electron chi connectivity index (χ3n) is 3.46. The summed E-state index contributed by atoms with van der Waals surface area (Å²) in [7, 11) is 0. The molecule has 1 fully saturated rings. The molecule has 0 radical (unpaired) electrons. The lowest BCUT2D eigenvalue weighted by atomic mass is 10.1. The van der Waals surface area contributed by atoms with E-state index in [-0.39, 0.29) is 11.6 Å². The van der Waals surface area contributed by atoms with Crippen molar-refractivity contribution in [3.63, 3.8) is 0 Å². The van der Waals surface area contributed by atoms with Gasteiger partial charge >= 0.3 is 0 Å². The van der Waals surface area contributed by atoms with Gasteiger partial charge in [0.15, 0.2) is 5.78 Å². The number of carbonyl (C=O) groups is 1. The third-order valence-corrected chi connectivity index (χ3v) is 3.46. The maximum Gasteiger partial charge on any atom is 0.164 e. The molecule has 104 valence electrons. The van der Waals surface area contributed by atoms with E-state index < -0.39 is 0 Å². The minimum absolute atomic E-state index is 0.106. The van der Waals surface area contributed by atoms with E-state index in [1.54, 1.807) is 12.1 Å². The van der Waals surface area contributed by atoms with E-state index in [0.717, 1.165) is 13.1 Å². The van der Waals surface area contributed by atoms with Gasteiger partial charge in [-0.05, 0) is 43.0 Å². The molecule has 0 unspecified atom stereocenters. The van der Waals surface area contributed by atoms with Crippen LogP contribution in [-0.2, 0) is 0 Å². The van der Waals surface area contributed by atoms with Crippen LogP contribution >= 0.6 is 0 Å². The number of Topliss-reactive ketones (excluding diaryl/α,β-unsaturated/α-hetero) is 1. The highest BCUT2D eigenvalue weighted by molar-refractivity contribution is 5.96. The van der Waals surface area contributed by atoms with Crippen LogP contribution in [0.2, 0.25) is 0 Å². The minimum Gasteiger partial charge on any atom is -0.300 e. The van der Waals surface area contributed by atoms with Crippen LogP contribution in [0.4, 0.5) is 4.39 Å². The van der Waals surface area contributed by atoms with Gasteiger partial charge in [0.05, 0.1) is 0 Å². The zero-order chi connectivity index (χ0) is 13.8. The molecule has 0 N–H and O–H groups in total. The first-order valence-electron chi connectivity index (χ1n) is 7.09. The van der Waals surface area contributed by atoms with Gasteiger partial charge < -0.3 is 0 Å². The summed E-state index contributed by atoms with van der Waals surface area (Å²) < 4.78 is 12.8. The molecule has 0 spiro atoms. The second-order valence-corrected chi connectivity index (χ2v) is 5.80. The van der Waals surface area contributed by atoms with Crippen LogP contribution in [0.3, 0.4) is 0 Å². The predicted molar refractivity (Wildman–Crippen MR) is 74.8 cm³/mol. The van der Waals surface area contributed by atoms with Crippen LogP contribution in [0, 0.1) is 11.7 Å². The molecule has 0 bridgehead atoms. The average Bonchev–Trinajstić information content (AvgIpc) is 3.18. The average molecular weight is 263 g/mol. The third kappa shape index (κ3) is 4.43. The number of rotatable bonds is 7. The molecule has 0 heterocycles. The van der Waals surface area contributed by atoms with Crippen LogP contribution in [0.1, 0.15) is 43.5 Å². The Morgan fingerprint density at radius 2 is 1.95 bits per heavy atom. The standard InChI is InChI=1S/C16H22FNO/c1-12(2)11-18(15-7-8-15)10-9-16(19)13-3-5-14(17)6-4-13/h3-6,12,15H,7-11H2,1-2H3. The largest absolute Gasteiger partial charge is 0.300 e. The lowest BCUT2D eigenvalue weighted by Crippen LogP contribution is -2.32. The predicted octanol–water partition coefficient (Wildman–Crippen LogP) is 3.52. The number of halogens is 1. The fraction of sp³-hybridized carbons (Fsp3) is 0.562. The molecule has 1 aliphatic carbocycles. The van der Waals surface area contributed by atoms with Gasteiger partial charge in [-0.3, -0.25) is 9.69 Å². The summed E-state index contributed by atoms with van der Waals surface area (Å²) in [4.78, 5) is 14.5. The number of ketones is 1. The molecule has 1 aromatic rings. The Labute approximate surface area is 114 Å². The molecule has 1 aliphatic rings. The van der Waals surface area contributed by atoms with E-state index in [0.29, 0.717) is 23.9 Å². The Kier molecular flexibility index (Phi) is 4.70. The van der Waals surface area contributed by atoms with E-state index >= 15 is 0 Å². The van der Waals surface area contributed by atoms with Crippen molar-refractivity contribution in [1.29, 1.82) is 0 Å². The number of hydrogen-bond acceptors (Lipinski definition) is 2. The topological polar surface area (TPSA) is 20.3 Å². The number of hydrogen-bond donors (Lipinski definition) is 0. The number of nitrogens with zero attached hydrogens (tertiary/aromatic N) is 1. The summed E-state index contributed by atoms with van der Waals surface area (Å²) in [5.41, 5.74) is 0.613. The van der Waals surface area contributed by atoms with Crippen LogP contribution in [0.15, 0.2) is 24.3 Å². The Bertz CT molecular complexity index is 423. The summed E-state index contributed by atoms with van der Waals surface area (Å²) in [5, 5.41) is 0. The van der Waals surface area contributed by atoms with Crippen molar-refractivity contribution in [3.8, 4) is 0 Å². The molecule has 3 heteroatoms. The van der Waals surface area contributed by atoms with Gasteiger partial charge in [0.25, 0.3) is 0 Å². The Balaban J connectivity index is 1.86. The Morgan fingerprint density at radius 3 is 2.47 bits per heavy atom. The van der Waals surface area contributed by atoms with Gasteiger partial charge in [-0.15, -0.1) is 0 Å². The highest BCUT2D eigenvalue weighted by Gasteiger charge is 2.29. The summed E-state index contributed by atoms with van der Waals surface area (Å²) in [6.45, 7) is 6.29. The number of benzene rings is 1. The smallest absolute Gasteiger partial charge is 0.164 e. The summed E-state index contributed by atoms with van der Waals surface area (Å²) in [6.07, 6.45) is 3.05. The summed E-state index contributed by atoms with van der Waals surface area (Å²) in [6, 6.07) is 6.52. The lowest BCUT2D eigenvalue weighted by Gasteiger charge is -2.23. The second kappa shape index (κ2) is 6.29. The van der Waals surface area contributed by atoms with Crippen LogP contribution < -0.4 is 0 Å². The van der Waals surface area contributed by atoms with Gasteiger partial charge in [0, 0.05) is 31.1 Å². The Morgan fingerprint density at radius 1 is 1.32 bits per heavy atom. The maximum atomic E-state index is 12.8. The number of carbonyl (C=O) groups excluding carboxylic acids is 1. The normalized spacial score (nSPS) is 15.2. The quantitative estimate of drug-likeness (QED) is 0.702. The molecular formula is C16H22FNO. The Hall–Kier alpha value is -1.22. The van der Waals surface area contributed by atoms with E-state index in [1.807, 2.05) is 0 Å². The van der Waals surface area contributed by atoms with Gasteiger partial charge in [-0.1, -0.05) is 13.8 Å². The second-order valence-electron chi connectivity index (χ2n) is 5.80. The van der Waals surface area contributed by atoms with Crippen molar-refractivity contribution in [1.82, 2.24) is 4.90 Å². The maximum absolute atomic E-state index is 12.8. The summed E-state index contributed by atoms with van der Waals surface area (Å²) in [5.74, 6) is 0.437. The van der Waals surface area contributed by atoms with Crippen molar-refractivity contribution in [2.24, 2.45) is 5.92 Å². The minimum atomic E-state index is -0.295. The first-order valence-corrected chi connectivity index (χ1v) is 7.09. The van der Waals surface area contributed by atoms with Crippen LogP contribution in [0.25, 0.3) is 0 Å². The monoisotopic (exact) mass is 263 g/mol. The van der Waals surface area contributed by atoms with Crippen molar-refractivity contribution in [2.45, 2.75) is 39.2 Å². The lowest BCUT2D eigenvalue weighted by molar-refractivity contribution is 0.0958. The van der Waals surface area contributed by atoms with Gasteiger partial charge in [0.2, 0.25) is 0 Å². The van der Waals surface area contributed by atoms with Gasteiger partial charge in [-0.2, -0.15) is 0 Å². The molecule has 0 aliphatic heterocycles. The first-order chi connectivity index (χ1) is 9.06. The zero-order valence-electron chi connectivity index (χ0n) is 11.7. The fourth-order valence-corrected chi connectivity index (χ4v) is 2.36. The molecule has 0 saturated heterocycles. The van der Waals surface area contributed by atoms with Crippen LogP contribution in [-0.4, -0.2) is 29.8 Å². The molecule has 0 amide bonds.